The fourth-order valence-corrected chi connectivity index (χ4v) is 5.87. The van der Waals surface area contributed by atoms with E-state index < -0.39 is 10.8 Å². The van der Waals surface area contributed by atoms with Crippen molar-refractivity contribution in [1.29, 1.82) is 5.26 Å². The average Bonchev–Trinajstić information content (AvgIpc) is 3.25. The fraction of sp³-hybridized carbons (Fsp3) is 0.500. The van der Waals surface area contributed by atoms with Crippen LogP contribution in [0.25, 0.3) is 4.85 Å². The number of nitrogens with zero attached hydrogens (tertiary/aromatic N) is 3. The SMILES string of the molecule is [C-]#[N+]C1=CC2(C)c3cc(O)c(C#N)c(C#CCN4CCCC4)c3CCC2C(C)(C)C1=O. The van der Waals surface area contributed by atoms with Gasteiger partial charge in [-0.2, -0.15) is 5.26 Å². The van der Waals surface area contributed by atoms with Crippen LogP contribution in [0, 0.1) is 41.1 Å². The molecular weight excluding hydrogens is 386 g/mol. The van der Waals surface area contributed by atoms with Crippen LogP contribution in [0.15, 0.2) is 17.8 Å². The molecule has 1 fully saturated rings. The summed E-state index contributed by atoms with van der Waals surface area (Å²) < 4.78 is 0. The smallest absolute Gasteiger partial charge is 0.226 e. The zero-order valence-electron chi connectivity index (χ0n) is 18.4. The zero-order valence-corrected chi connectivity index (χ0v) is 18.4. The summed E-state index contributed by atoms with van der Waals surface area (Å²) in [5, 5.41) is 20.4. The first-order chi connectivity index (χ1) is 14.7. The number of rotatable bonds is 1. The lowest BCUT2D eigenvalue weighted by atomic mass is 9.51. The number of hydrogen-bond donors (Lipinski definition) is 1. The summed E-state index contributed by atoms with van der Waals surface area (Å²) in [4.78, 5) is 18.7. The number of hydrogen-bond acceptors (Lipinski definition) is 4. The summed E-state index contributed by atoms with van der Waals surface area (Å²) in [7, 11) is 0. The summed E-state index contributed by atoms with van der Waals surface area (Å²) in [6.07, 6.45) is 5.62. The number of nitriles is 1. The normalized spacial score (nSPS) is 26.5. The largest absolute Gasteiger partial charge is 0.507 e. The molecule has 1 aliphatic heterocycles. The predicted octanol–water partition coefficient (Wildman–Crippen LogP) is 3.94. The van der Waals surface area contributed by atoms with E-state index >= 15 is 0 Å². The van der Waals surface area contributed by atoms with Gasteiger partial charge >= 0.3 is 0 Å². The summed E-state index contributed by atoms with van der Waals surface area (Å²) in [5.41, 5.74) is 1.56. The van der Waals surface area contributed by atoms with Crippen LogP contribution in [-0.2, 0) is 16.6 Å². The molecule has 1 heterocycles. The Labute approximate surface area is 184 Å². The summed E-state index contributed by atoms with van der Waals surface area (Å²) >= 11 is 0. The van der Waals surface area contributed by atoms with E-state index in [2.05, 4.69) is 27.7 Å². The number of likely N-dealkylation sites (tertiary alicyclic amines) is 1. The number of benzene rings is 1. The molecule has 1 saturated heterocycles. The Morgan fingerprint density at radius 1 is 1.29 bits per heavy atom. The lowest BCUT2D eigenvalue weighted by Gasteiger charge is -2.51. The van der Waals surface area contributed by atoms with Crippen molar-refractivity contribution in [2.75, 3.05) is 19.6 Å². The Kier molecular flexibility index (Phi) is 5.17. The number of phenols is 1. The van der Waals surface area contributed by atoms with E-state index in [4.69, 9.17) is 6.57 Å². The second-order valence-electron chi connectivity index (χ2n) is 9.63. The number of carbonyl (C=O) groups is 1. The van der Waals surface area contributed by atoms with Crippen LogP contribution in [0.1, 0.15) is 62.3 Å². The van der Waals surface area contributed by atoms with Crippen LogP contribution < -0.4 is 0 Å². The highest BCUT2D eigenvalue weighted by atomic mass is 16.3. The lowest BCUT2D eigenvalue weighted by Crippen LogP contribution is -2.51. The summed E-state index contributed by atoms with van der Waals surface area (Å²) in [5.74, 6) is 6.23. The Hall–Kier alpha value is -3.07. The molecule has 4 rings (SSSR count). The average molecular weight is 414 g/mol. The van der Waals surface area contributed by atoms with Crippen molar-refractivity contribution in [2.45, 2.75) is 51.9 Å². The number of allylic oxidation sites excluding steroid dienone is 2. The minimum absolute atomic E-state index is 0.00300. The molecule has 31 heavy (non-hydrogen) atoms. The maximum atomic E-state index is 12.9. The van der Waals surface area contributed by atoms with Gasteiger partial charge in [-0.25, -0.2) is 4.85 Å². The maximum Gasteiger partial charge on any atom is 0.226 e. The molecule has 0 bridgehead atoms. The first kappa shape index (κ1) is 21.2. The third-order valence-corrected chi connectivity index (χ3v) is 7.47. The van der Waals surface area contributed by atoms with Crippen molar-refractivity contribution in [3.63, 3.8) is 0 Å². The molecule has 3 aliphatic rings. The van der Waals surface area contributed by atoms with Gasteiger partial charge in [0, 0.05) is 16.4 Å². The Bertz CT molecular complexity index is 1130. The second kappa shape index (κ2) is 7.56. The molecule has 5 heteroatoms. The van der Waals surface area contributed by atoms with Gasteiger partial charge in [-0.3, -0.25) is 4.90 Å². The molecule has 5 nitrogen and oxygen atoms in total. The van der Waals surface area contributed by atoms with Gasteiger partial charge < -0.3 is 9.90 Å². The van der Waals surface area contributed by atoms with Crippen LogP contribution in [0.3, 0.4) is 0 Å². The van der Waals surface area contributed by atoms with Crippen LogP contribution in [0.2, 0.25) is 0 Å². The van der Waals surface area contributed by atoms with E-state index in [9.17, 15) is 15.2 Å². The Balaban J connectivity index is 1.88. The highest BCUT2D eigenvalue weighted by Crippen LogP contribution is 2.56. The molecule has 1 aromatic carbocycles. The van der Waals surface area contributed by atoms with Gasteiger partial charge in [0.2, 0.25) is 5.70 Å². The molecule has 2 unspecified atom stereocenters. The topological polar surface area (TPSA) is 68.7 Å². The molecule has 0 spiro atoms. The first-order valence-electron chi connectivity index (χ1n) is 10.9. The molecule has 0 saturated carbocycles. The van der Waals surface area contributed by atoms with Gasteiger partial charge in [0.1, 0.15) is 17.4 Å². The van der Waals surface area contributed by atoms with Gasteiger partial charge in [-0.1, -0.05) is 38.7 Å². The number of carbonyl (C=O) groups excluding carboxylic acids is 1. The highest BCUT2D eigenvalue weighted by Gasteiger charge is 2.54. The van der Waals surface area contributed by atoms with Crippen molar-refractivity contribution < 1.29 is 9.90 Å². The molecule has 1 aromatic rings. The Morgan fingerprint density at radius 3 is 2.65 bits per heavy atom. The molecule has 158 valence electrons. The number of fused-ring (bicyclic) bond motifs is 3. The van der Waals surface area contributed by atoms with Crippen LogP contribution in [0.4, 0.5) is 0 Å². The molecule has 0 amide bonds. The number of phenolic OH excluding ortho intramolecular Hbond substituents is 1. The predicted molar refractivity (Wildman–Crippen MR) is 118 cm³/mol. The standard InChI is InChI=1S/C26H27N3O2/c1-25(2)23-10-9-18-17(8-7-13-29-11-5-6-12-29)19(16-27)22(30)14-20(18)26(23,3)15-21(28-4)24(25)31/h14-15,23,30H,5-6,9-13H2,1-3H3. The molecular formula is C26H27N3O2. The number of ketones is 1. The van der Waals surface area contributed by atoms with Gasteiger partial charge in [0.15, 0.2) is 5.78 Å². The number of aromatic hydroxyl groups is 1. The van der Waals surface area contributed by atoms with Gasteiger partial charge in [0.25, 0.3) is 0 Å². The molecule has 2 atom stereocenters. The van der Waals surface area contributed by atoms with Crippen LogP contribution in [-0.4, -0.2) is 35.4 Å². The monoisotopic (exact) mass is 413 g/mol. The van der Waals surface area contributed by atoms with Crippen molar-refractivity contribution in [2.24, 2.45) is 11.3 Å². The summed E-state index contributed by atoms with van der Waals surface area (Å²) in [6.45, 7) is 16.1. The van der Waals surface area contributed by atoms with Crippen molar-refractivity contribution in [3.8, 4) is 23.7 Å². The third kappa shape index (κ3) is 3.23. The zero-order chi connectivity index (χ0) is 22.4. The third-order valence-electron chi connectivity index (χ3n) is 7.47. The minimum atomic E-state index is -0.674. The Morgan fingerprint density at radius 2 is 2.00 bits per heavy atom. The van der Waals surface area contributed by atoms with E-state index in [0.29, 0.717) is 18.5 Å². The van der Waals surface area contributed by atoms with Gasteiger partial charge in [-0.15, -0.1) is 0 Å². The minimum Gasteiger partial charge on any atom is -0.507 e. The second-order valence-corrected chi connectivity index (χ2v) is 9.63. The lowest BCUT2D eigenvalue weighted by molar-refractivity contribution is -0.128. The van der Waals surface area contributed by atoms with Crippen LogP contribution >= 0.6 is 0 Å². The highest BCUT2D eigenvalue weighted by molar-refractivity contribution is 6.02. The summed E-state index contributed by atoms with van der Waals surface area (Å²) in [6, 6.07) is 3.80. The van der Waals surface area contributed by atoms with E-state index in [1.165, 1.54) is 12.8 Å². The van der Waals surface area contributed by atoms with E-state index in [1.807, 2.05) is 20.8 Å². The van der Waals surface area contributed by atoms with Crippen molar-refractivity contribution in [3.05, 3.63) is 51.5 Å². The first-order valence-corrected chi connectivity index (χ1v) is 10.9. The maximum absolute atomic E-state index is 12.9. The van der Waals surface area contributed by atoms with E-state index in [0.717, 1.165) is 30.6 Å². The van der Waals surface area contributed by atoms with E-state index in [-0.39, 0.29) is 28.7 Å². The van der Waals surface area contributed by atoms with Gasteiger partial charge in [-0.05, 0) is 61.9 Å². The van der Waals surface area contributed by atoms with E-state index in [1.54, 1.807) is 12.1 Å². The molecule has 1 N–H and O–H groups in total. The molecule has 2 aliphatic carbocycles. The fourth-order valence-electron chi connectivity index (χ4n) is 5.87. The van der Waals surface area contributed by atoms with Gasteiger partial charge in [0.05, 0.1) is 13.1 Å². The van der Waals surface area contributed by atoms with Crippen LogP contribution in [0.5, 0.6) is 5.75 Å². The van der Waals surface area contributed by atoms with Crippen molar-refractivity contribution >= 4 is 5.78 Å². The molecule has 0 radical (unpaired) electrons. The van der Waals surface area contributed by atoms with Crippen molar-refractivity contribution in [1.82, 2.24) is 4.90 Å². The molecule has 0 aromatic heterocycles. The quantitative estimate of drug-likeness (QED) is 0.559. The number of Topliss-reactive ketones (excluding diaryl/α,β-unsaturated/α-hetero) is 1.